The summed E-state index contributed by atoms with van der Waals surface area (Å²) < 4.78 is 5.10. The number of hydrogen-bond acceptors (Lipinski definition) is 4. The van der Waals surface area contributed by atoms with Gasteiger partial charge in [0.15, 0.2) is 0 Å². The van der Waals surface area contributed by atoms with Crippen LogP contribution in [0.3, 0.4) is 0 Å². The van der Waals surface area contributed by atoms with Crippen LogP contribution in [0.2, 0.25) is 0 Å². The molecule has 2 heterocycles. The third kappa shape index (κ3) is 2.90. The summed E-state index contributed by atoms with van der Waals surface area (Å²) in [6, 6.07) is 2.73. The minimum absolute atomic E-state index is 0.0489. The molecule has 102 valence electrons. The standard InChI is InChI=1S/C13H16N2O4/c1-19-8-10-3-2-6-15(10)12(16)11-7-9(13(17)18)4-5-14-11/h4-5,7,10H,2-3,6,8H2,1H3,(H,17,18). The fourth-order valence-corrected chi connectivity index (χ4v) is 2.30. The minimum Gasteiger partial charge on any atom is -0.478 e. The molecule has 6 nitrogen and oxygen atoms in total. The molecule has 1 aliphatic rings. The summed E-state index contributed by atoms with van der Waals surface area (Å²) in [7, 11) is 1.60. The van der Waals surface area contributed by atoms with Crippen molar-refractivity contribution in [2.75, 3.05) is 20.3 Å². The summed E-state index contributed by atoms with van der Waals surface area (Å²) >= 11 is 0. The largest absolute Gasteiger partial charge is 0.478 e. The van der Waals surface area contributed by atoms with E-state index >= 15 is 0 Å². The van der Waals surface area contributed by atoms with Gasteiger partial charge in [-0.2, -0.15) is 0 Å². The minimum atomic E-state index is -1.06. The van der Waals surface area contributed by atoms with Gasteiger partial charge < -0.3 is 14.7 Å². The maximum Gasteiger partial charge on any atom is 0.335 e. The first-order valence-corrected chi connectivity index (χ1v) is 6.12. The average Bonchev–Trinajstić information content (AvgIpc) is 2.86. The second-order valence-electron chi connectivity index (χ2n) is 4.48. The van der Waals surface area contributed by atoms with Crippen LogP contribution in [-0.4, -0.2) is 53.2 Å². The Labute approximate surface area is 111 Å². The number of hydrogen-bond donors (Lipinski definition) is 1. The summed E-state index contributed by atoms with van der Waals surface area (Å²) in [5.41, 5.74) is 0.240. The Balaban J connectivity index is 2.19. The van der Waals surface area contributed by atoms with Gasteiger partial charge in [-0.3, -0.25) is 9.78 Å². The van der Waals surface area contributed by atoms with E-state index in [1.54, 1.807) is 12.0 Å². The van der Waals surface area contributed by atoms with E-state index in [-0.39, 0.29) is 23.2 Å². The van der Waals surface area contributed by atoms with Crippen molar-refractivity contribution in [3.63, 3.8) is 0 Å². The van der Waals surface area contributed by atoms with Crippen LogP contribution in [0.1, 0.15) is 33.7 Å². The number of pyridine rings is 1. The Kier molecular flexibility index (Phi) is 4.11. The molecule has 1 fully saturated rings. The third-order valence-electron chi connectivity index (χ3n) is 3.22. The van der Waals surface area contributed by atoms with Gasteiger partial charge >= 0.3 is 5.97 Å². The molecule has 0 spiro atoms. The number of ether oxygens (including phenoxy) is 1. The molecule has 6 heteroatoms. The average molecular weight is 264 g/mol. The van der Waals surface area contributed by atoms with E-state index in [1.807, 2.05) is 0 Å². The molecule has 0 saturated carbocycles. The van der Waals surface area contributed by atoms with E-state index < -0.39 is 5.97 Å². The van der Waals surface area contributed by atoms with E-state index in [0.717, 1.165) is 12.8 Å². The molecule has 1 N–H and O–H groups in total. The number of rotatable bonds is 4. The Bertz CT molecular complexity index is 489. The molecule has 1 unspecified atom stereocenters. The monoisotopic (exact) mass is 264 g/mol. The smallest absolute Gasteiger partial charge is 0.335 e. The van der Waals surface area contributed by atoms with Crippen LogP contribution in [0.5, 0.6) is 0 Å². The maximum absolute atomic E-state index is 12.3. The molecular weight excluding hydrogens is 248 g/mol. The normalized spacial score (nSPS) is 18.6. The molecule has 2 rings (SSSR count). The Morgan fingerprint density at radius 2 is 2.37 bits per heavy atom. The van der Waals surface area contributed by atoms with E-state index in [9.17, 15) is 9.59 Å². The molecule has 0 bridgehead atoms. The van der Waals surface area contributed by atoms with Gasteiger partial charge in [-0.1, -0.05) is 0 Å². The highest BCUT2D eigenvalue weighted by molar-refractivity contribution is 5.96. The molecule has 1 amide bonds. The highest BCUT2D eigenvalue weighted by Crippen LogP contribution is 2.20. The first-order chi connectivity index (χ1) is 9.13. The van der Waals surface area contributed by atoms with E-state index in [4.69, 9.17) is 9.84 Å². The molecule has 0 aliphatic carbocycles. The number of nitrogens with zero attached hydrogens (tertiary/aromatic N) is 2. The van der Waals surface area contributed by atoms with Gasteiger partial charge in [-0.15, -0.1) is 0 Å². The van der Waals surface area contributed by atoms with Crippen LogP contribution in [-0.2, 0) is 4.74 Å². The molecular formula is C13H16N2O4. The first-order valence-electron chi connectivity index (χ1n) is 6.12. The van der Waals surface area contributed by atoms with Gasteiger partial charge in [-0.05, 0) is 25.0 Å². The van der Waals surface area contributed by atoms with Crippen LogP contribution < -0.4 is 0 Å². The van der Waals surface area contributed by atoms with Gasteiger partial charge in [-0.25, -0.2) is 4.79 Å². The zero-order chi connectivity index (χ0) is 13.8. The molecule has 0 aromatic carbocycles. The predicted octanol–water partition coefficient (Wildman–Crippen LogP) is 1.03. The summed E-state index contributed by atoms with van der Waals surface area (Å²) in [6.07, 6.45) is 3.18. The SMILES string of the molecule is COCC1CCCN1C(=O)c1cc(C(=O)O)ccn1. The number of amides is 1. The first kappa shape index (κ1) is 13.5. The topological polar surface area (TPSA) is 79.7 Å². The zero-order valence-corrected chi connectivity index (χ0v) is 10.7. The zero-order valence-electron chi connectivity index (χ0n) is 10.7. The van der Waals surface area contributed by atoms with Crippen molar-refractivity contribution in [3.8, 4) is 0 Å². The molecule has 1 saturated heterocycles. The van der Waals surface area contributed by atoms with Gasteiger partial charge in [0.25, 0.3) is 5.91 Å². The van der Waals surface area contributed by atoms with Crippen molar-refractivity contribution in [2.24, 2.45) is 0 Å². The lowest BCUT2D eigenvalue weighted by molar-refractivity contribution is 0.0625. The second-order valence-corrected chi connectivity index (χ2v) is 4.48. The van der Waals surface area contributed by atoms with Gasteiger partial charge in [0.05, 0.1) is 18.2 Å². The van der Waals surface area contributed by atoms with Crippen molar-refractivity contribution in [2.45, 2.75) is 18.9 Å². The number of carbonyl (C=O) groups excluding carboxylic acids is 1. The lowest BCUT2D eigenvalue weighted by Gasteiger charge is -2.23. The molecule has 19 heavy (non-hydrogen) atoms. The fourth-order valence-electron chi connectivity index (χ4n) is 2.30. The number of carbonyl (C=O) groups is 2. The van der Waals surface area contributed by atoms with Crippen molar-refractivity contribution in [1.82, 2.24) is 9.88 Å². The number of likely N-dealkylation sites (tertiary alicyclic amines) is 1. The van der Waals surface area contributed by atoms with E-state index in [1.165, 1.54) is 18.3 Å². The van der Waals surface area contributed by atoms with Crippen LogP contribution >= 0.6 is 0 Å². The van der Waals surface area contributed by atoms with Crippen LogP contribution in [0, 0.1) is 0 Å². The van der Waals surface area contributed by atoms with Crippen LogP contribution in [0.15, 0.2) is 18.3 Å². The van der Waals surface area contributed by atoms with Gasteiger partial charge in [0.2, 0.25) is 0 Å². The number of carboxylic acid groups (broad SMARTS) is 1. The number of carboxylic acids is 1. The van der Waals surface area contributed by atoms with Crippen LogP contribution in [0.4, 0.5) is 0 Å². The summed E-state index contributed by atoms with van der Waals surface area (Å²) in [6.45, 7) is 1.15. The Hall–Kier alpha value is -1.95. The lowest BCUT2D eigenvalue weighted by atomic mass is 10.2. The molecule has 1 aromatic rings. The quantitative estimate of drug-likeness (QED) is 0.878. The van der Waals surface area contributed by atoms with Gasteiger partial charge in [0, 0.05) is 19.9 Å². The summed E-state index contributed by atoms with van der Waals surface area (Å²) in [5, 5.41) is 8.92. The van der Waals surface area contributed by atoms with Crippen LogP contribution in [0.25, 0.3) is 0 Å². The molecule has 1 aliphatic heterocycles. The Morgan fingerprint density at radius 1 is 1.58 bits per heavy atom. The number of aromatic carboxylic acids is 1. The molecule has 1 aromatic heterocycles. The second kappa shape index (κ2) is 5.79. The fraction of sp³-hybridized carbons (Fsp3) is 0.462. The molecule has 0 radical (unpaired) electrons. The highest BCUT2D eigenvalue weighted by Gasteiger charge is 2.30. The van der Waals surface area contributed by atoms with Crippen molar-refractivity contribution in [3.05, 3.63) is 29.6 Å². The van der Waals surface area contributed by atoms with E-state index in [2.05, 4.69) is 4.98 Å². The van der Waals surface area contributed by atoms with Crippen molar-refractivity contribution < 1.29 is 19.4 Å². The summed E-state index contributed by atoms with van der Waals surface area (Å²) in [4.78, 5) is 28.9. The maximum atomic E-state index is 12.3. The number of aromatic nitrogens is 1. The van der Waals surface area contributed by atoms with Crippen molar-refractivity contribution >= 4 is 11.9 Å². The van der Waals surface area contributed by atoms with Gasteiger partial charge in [0.1, 0.15) is 5.69 Å². The lowest BCUT2D eigenvalue weighted by Crippen LogP contribution is -2.38. The number of methoxy groups -OCH3 is 1. The van der Waals surface area contributed by atoms with Crippen molar-refractivity contribution in [1.29, 1.82) is 0 Å². The van der Waals surface area contributed by atoms with E-state index in [0.29, 0.717) is 13.2 Å². The third-order valence-corrected chi connectivity index (χ3v) is 3.22. The predicted molar refractivity (Wildman–Crippen MR) is 67.1 cm³/mol. The molecule has 1 atom stereocenters. The highest BCUT2D eigenvalue weighted by atomic mass is 16.5. The Morgan fingerprint density at radius 3 is 3.05 bits per heavy atom. The summed E-state index contributed by atoms with van der Waals surface area (Å²) in [5.74, 6) is -1.30.